The van der Waals surface area contributed by atoms with Crippen molar-refractivity contribution in [3.05, 3.63) is 60.2 Å². The lowest BCUT2D eigenvalue weighted by atomic mass is 9.71. The van der Waals surface area contributed by atoms with Crippen LogP contribution < -0.4 is 0 Å². The van der Waals surface area contributed by atoms with Crippen molar-refractivity contribution in [1.29, 1.82) is 0 Å². The van der Waals surface area contributed by atoms with Gasteiger partial charge in [0.25, 0.3) is 0 Å². The molecular formula is C27H38N2O2. The van der Waals surface area contributed by atoms with Gasteiger partial charge in [0.2, 0.25) is 0 Å². The van der Waals surface area contributed by atoms with Crippen LogP contribution in [0.3, 0.4) is 0 Å². The van der Waals surface area contributed by atoms with Gasteiger partial charge in [-0.3, -0.25) is 9.80 Å². The summed E-state index contributed by atoms with van der Waals surface area (Å²) < 4.78 is 0. The maximum absolute atomic E-state index is 12.4. The molecule has 1 N–H and O–H groups in total. The second-order valence-corrected chi connectivity index (χ2v) is 10.7. The number of allylic oxidation sites excluding steroid dienone is 2. The minimum Gasteiger partial charge on any atom is -0.479 e. The summed E-state index contributed by atoms with van der Waals surface area (Å²) in [5.41, 5.74) is 0.598. The molecule has 1 aromatic rings. The number of piperazine rings is 1. The number of rotatable bonds is 4. The minimum atomic E-state index is -1.01. The molecular weight excluding hydrogens is 384 g/mol. The maximum Gasteiger partial charge on any atom is 0.332 e. The number of hydrogen-bond donors (Lipinski definition) is 1. The highest BCUT2D eigenvalue weighted by Gasteiger charge is 2.43. The Labute approximate surface area is 187 Å². The third-order valence-electron chi connectivity index (χ3n) is 7.92. The van der Waals surface area contributed by atoms with Crippen LogP contribution in [0.2, 0.25) is 0 Å². The van der Waals surface area contributed by atoms with E-state index in [0.29, 0.717) is 11.5 Å². The third kappa shape index (κ3) is 4.65. The number of nitrogens with zero attached hydrogens (tertiary/aromatic N) is 2. The van der Waals surface area contributed by atoms with E-state index < -0.39 is 11.5 Å². The van der Waals surface area contributed by atoms with Crippen LogP contribution in [-0.4, -0.2) is 58.6 Å². The molecule has 1 heterocycles. The molecule has 4 nitrogen and oxygen atoms in total. The van der Waals surface area contributed by atoms with E-state index in [9.17, 15) is 9.90 Å². The zero-order chi connectivity index (χ0) is 22.1. The van der Waals surface area contributed by atoms with Crippen molar-refractivity contribution >= 4 is 5.97 Å². The van der Waals surface area contributed by atoms with Crippen molar-refractivity contribution in [3.8, 4) is 0 Å². The molecule has 0 aromatic heterocycles. The monoisotopic (exact) mass is 422 g/mol. The molecule has 4 rings (SSSR count). The average Bonchev–Trinajstić information content (AvgIpc) is 2.79. The molecule has 0 bridgehead atoms. The van der Waals surface area contributed by atoms with Gasteiger partial charge in [0.1, 0.15) is 0 Å². The lowest BCUT2D eigenvalue weighted by molar-refractivity contribution is -0.146. The summed E-state index contributed by atoms with van der Waals surface area (Å²) in [6.07, 6.45) is 13.1. The zero-order valence-electron chi connectivity index (χ0n) is 19.3. The molecule has 1 aliphatic heterocycles. The van der Waals surface area contributed by atoms with Gasteiger partial charge in [-0.15, -0.1) is 0 Å². The normalized spacial score (nSPS) is 32.8. The first-order valence-electron chi connectivity index (χ1n) is 12.0. The summed E-state index contributed by atoms with van der Waals surface area (Å²) in [5.74, 6) is 0.203. The highest BCUT2D eigenvalue weighted by molar-refractivity contribution is 5.85. The van der Waals surface area contributed by atoms with Crippen LogP contribution in [-0.2, 0) is 4.79 Å². The van der Waals surface area contributed by atoms with E-state index in [-0.39, 0.29) is 5.92 Å². The smallest absolute Gasteiger partial charge is 0.332 e. The van der Waals surface area contributed by atoms with Gasteiger partial charge in [0.15, 0.2) is 5.54 Å². The van der Waals surface area contributed by atoms with Crippen molar-refractivity contribution in [2.24, 2.45) is 11.3 Å². The molecule has 0 amide bonds. The Bertz CT molecular complexity index is 793. The predicted molar refractivity (Wildman–Crippen MR) is 126 cm³/mol. The van der Waals surface area contributed by atoms with E-state index in [1.807, 2.05) is 30.4 Å². The van der Waals surface area contributed by atoms with Gasteiger partial charge in [0, 0.05) is 38.1 Å². The highest BCUT2D eigenvalue weighted by Crippen LogP contribution is 2.39. The topological polar surface area (TPSA) is 43.8 Å². The standard InChI is InChI=1S/C27H38N2O2/c1-26(2,3)23-9-11-24(12-10-23)28-17-19-29(20-18-28)27(25(30)31)15-13-22(14-16-27)21-7-5-4-6-8-21/h4-8,13-16,22-24H,9-12,17-20H2,1-3H3,(H,30,31). The molecule has 0 radical (unpaired) electrons. The number of carboxylic acids is 1. The fourth-order valence-electron chi connectivity index (χ4n) is 5.77. The Morgan fingerprint density at radius 1 is 0.935 bits per heavy atom. The molecule has 3 aliphatic rings. The van der Waals surface area contributed by atoms with Gasteiger partial charge in [-0.05, 0) is 42.6 Å². The number of benzene rings is 1. The summed E-state index contributed by atoms with van der Waals surface area (Å²) in [7, 11) is 0. The summed E-state index contributed by atoms with van der Waals surface area (Å²) >= 11 is 0. The van der Waals surface area contributed by atoms with Crippen LogP contribution >= 0.6 is 0 Å². The molecule has 31 heavy (non-hydrogen) atoms. The lowest BCUT2D eigenvalue weighted by Crippen LogP contribution is -2.60. The van der Waals surface area contributed by atoms with Gasteiger partial charge in [-0.25, -0.2) is 4.79 Å². The summed E-state index contributed by atoms with van der Waals surface area (Å²) in [5, 5.41) is 10.2. The van der Waals surface area contributed by atoms with Crippen LogP contribution in [0.15, 0.2) is 54.6 Å². The van der Waals surface area contributed by atoms with Crippen molar-refractivity contribution in [1.82, 2.24) is 9.80 Å². The molecule has 4 heteroatoms. The summed E-state index contributed by atoms with van der Waals surface area (Å²) in [6, 6.07) is 10.9. The van der Waals surface area contributed by atoms with Gasteiger partial charge < -0.3 is 5.11 Å². The Morgan fingerprint density at radius 3 is 2.03 bits per heavy atom. The Hall–Kier alpha value is -1.91. The van der Waals surface area contributed by atoms with Crippen LogP contribution in [0.25, 0.3) is 0 Å². The van der Waals surface area contributed by atoms with E-state index in [1.165, 1.54) is 31.2 Å². The summed E-state index contributed by atoms with van der Waals surface area (Å²) in [4.78, 5) is 17.1. The molecule has 0 spiro atoms. The Balaban J connectivity index is 1.37. The SMILES string of the molecule is CC(C)(C)C1CCC(N2CCN(C3(C(=O)O)C=CC(c4ccccc4)C=C3)CC2)CC1. The zero-order valence-corrected chi connectivity index (χ0v) is 19.3. The largest absolute Gasteiger partial charge is 0.479 e. The second kappa shape index (κ2) is 8.91. The van der Waals surface area contributed by atoms with E-state index in [4.69, 9.17) is 0 Å². The predicted octanol–water partition coefficient (Wildman–Crippen LogP) is 4.94. The van der Waals surface area contributed by atoms with Crippen LogP contribution in [0.5, 0.6) is 0 Å². The first-order chi connectivity index (χ1) is 14.8. The van der Waals surface area contributed by atoms with Crippen LogP contribution in [0.1, 0.15) is 57.9 Å². The Morgan fingerprint density at radius 2 is 1.52 bits per heavy atom. The van der Waals surface area contributed by atoms with E-state index >= 15 is 0 Å². The van der Waals surface area contributed by atoms with E-state index in [0.717, 1.165) is 32.1 Å². The van der Waals surface area contributed by atoms with Crippen LogP contribution in [0, 0.1) is 11.3 Å². The van der Waals surface area contributed by atoms with E-state index in [1.54, 1.807) is 0 Å². The molecule has 0 atom stereocenters. The number of carboxylic acid groups (broad SMARTS) is 1. The van der Waals surface area contributed by atoms with Crippen molar-refractivity contribution in [2.45, 2.75) is 64.0 Å². The van der Waals surface area contributed by atoms with Gasteiger partial charge >= 0.3 is 5.97 Å². The molecule has 2 aliphatic carbocycles. The third-order valence-corrected chi connectivity index (χ3v) is 7.92. The van der Waals surface area contributed by atoms with E-state index in [2.05, 4.69) is 54.9 Å². The van der Waals surface area contributed by atoms with Crippen molar-refractivity contribution in [2.75, 3.05) is 26.2 Å². The van der Waals surface area contributed by atoms with Crippen LogP contribution in [0.4, 0.5) is 0 Å². The minimum absolute atomic E-state index is 0.146. The number of aliphatic carboxylic acids is 1. The molecule has 2 fully saturated rings. The van der Waals surface area contributed by atoms with Gasteiger partial charge in [-0.2, -0.15) is 0 Å². The Kier molecular flexibility index (Phi) is 6.41. The van der Waals surface area contributed by atoms with Gasteiger partial charge in [0.05, 0.1) is 0 Å². The second-order valence-electron chi connectivity index (χ2n) is 10.7. The molecule has 1 saturated carbocycles. The first-order valence-corrected chi connectivity index (χ1v) is 12.0. The maximum atomic E-state index is 12.4. The molecule has 1 saturated heterocycles. The first kappa shape index (κ1) is 22.3. The lowest BCUT2D eigenvalue weighted by Gasteiger charge is -2.47. The average molecular weight is 423 g/mol. The molecule has 168 valence electrons. The molecule has 1 aromatic carbocycles. The number of carbonyl (C=O) groups is 1. The highest BCUT2D eigenvalue weighted by atomic mass is 16.4. The van der Waals surface area contributed by atoms with Crippen molar-refractivity contribution < 1.29 is 9.90 Å². The quantitative estimate of drug-likeness (QED) is 0.698. The fraction of sp³-hybridized carbons (Fsp3) is 0.593. The molecule has 0 unspecified atom stereocenters. The number of hydrogen-bond acceptors (Lipinski definition) is 3. The van der Waals surface area contributed by atoms with Gasteiger partial charge in [-0.1, -0.05) is 75.4 Å². The fourth-order valence-corrected chi connectivity index (χ4v) is 5.77. The van der Waals surface area contributed by atoms with Crippen molar-refractivity contribution in [3.63, 3.8) is 0 Å². The summed E-state index contributed by atoms with van der Waals surface area (Å²) in [6.45, 7) is 10.6.